The second kappa shape index (κ2) is 5.27. The van der Waals surface area contributed by atoms with Crippen molar-refractivity contribution >= 4 is 5.82 Å². The fourth-order valence-corrected chi connectivity index (χ4v) is 2.74. The second-order valence-corrected chi connectivity index (χ2v) is 6.51. The van der Waals surface area contributed by atoms with Gasteiger partial charge in [-0.1, -0.05) is 26.8 Å². The number of pyridine rings is 1. The number of aromatic nitrogens is 1. The zero-order valence-corrected chi connectivity index (χ0v) is 11.8. The number of nitrogens with two attached hydrogens (primary N) is 1. The largest absolute Gasteiger partial charge is 0.384 e. The Labute approximate surface area is 110 Å². The lowest BCUT2D eigenvalue weighted by molar-refractivity contribution is 0.108. The van der Waals surface area contributed by atoms with Crippen LogP contribution in [0.4, 0.5) is 5.82 Å². The van der Waals surface area contributed by atoms with Crippen molar-refractivity contribution in [3.05, 3.63) is 23.9 Å². The standard InChI is InChI=1S/C15H25N3/c1-15(2,3)13-6-8-18(9-7-13)11-12-4-5-14(16)17-10-12/h4-5,10,13H,6-9,11H2,1-3H3,(H2,16,17). The van der Waals surface area contributed by atoms with Crippen LogP contribution in [0.5, 0.6) is 0 Å². The minimum absolute atomic E-state index is 0.453. The highest BCUT2D eigenvalue weighted by Gasteiger charge is 2.28. The third-order valence-electron chi connectivity index (χ3n) is 4.07. The third kappa shape index (κ3) is 3.45. The average Bonchev–Trinajstić information content (AvgIpc) is 2.32. The SMILES string of the molecule is CC(C)(C)C1CCN(Cc2ccc(N)nc2)CC1. The Bertz CT molecular complexity index is 370. The summed E-state index contributed by atoms with van der Waals surface area (Å²) in [5.74, 6) is 1.46. The van der Waals surface area contributed by atoms with Gasteiger partial charge in [-0.05, 0) is 48.9 Å². The average molecular weight is 247 g/mol. The number of anilines is 1. The number of nitrogens with zero attached hydrogens (tertiary/aromatic N) is 2. The number of rotatable bonds is 2. The van der Waals surface area contributed by atoms with Crippen molar-refractivity contribution in [3.8, 4) is 0 Å². The summed E-state index contributed by atoms with van der Waals surface area (Å²) in [4.78, 5) is 6.67. The van der Waals surface area contributed by atoms with Gasteiger partial charge in [-0.2, -0.15) is 0 Å². The van der Waals surface area contributed by atoms with Crippen LogP contribution in [0.25, 0.3) is 0 Å². The van der Waals surface area contributed by atoms with Crippen molar-refractivity contribution in [1.29, 1.82) is 0 Å². The molecule has 1 aromatic heterocycles. The first-order valence-corrected chi connectivity index (χ1v) is 6.88. The molecule has 0 spiro atoms. The van der Waals surface area contributed by atoms with Gasteiger partial charge in [0, 0.05) is 12.7 Å². The number of piperidine rings is 1. The molecule has 3 heteroatoms. The van der Waals surface area contributed by atoms with Crippen LogP contribution >= 0.6 is 0 Å². The molecule has 1 aromatic rings. The van der Waals surface area contributed by atoms with Gasteiger partial charge in [0.05, 0.1) is 0 Å². The molecule has 0 aliphatic carbocycles. The molecule has 0 aromatic carbocycles. The maximum Gasteiger partial charge on any atom is 0.123 e. The van der Waals surface area contributed by atoms with E-state index in [1.807, 2.05) is 12.3 Å². The highest BCUT2D eigenvalue weighted by atomic mass is 15.1. The van der Waals surface area contributed by atoms with E-state index < -0.39 is 0 Å². The van der Waals surface area contributed by atoms with Gasteiger partial charge < -0.3 is 5.73 Å². The van der Waals surface area contributed by atoms with E-state index in [1.54, 1.807) is 0 Å². The van der Waals surface area contributed by atoms with Crippen LogP contribution in [-0.2, 0) is 6.54 Å². The van der Waals surface area contributed by atoms with Gasteiger partial charge in [0.25, 0.3) is 0 Å². The van der Waals surface area contributed by atoms with Crippen LogP contribution in [0, 0.1) is 11.3 Å². The molecule has 2 N–H and O–H groups in total. The van der Waals surface area contributed by atoms with E-state index in [2.05, 4.69) is 36.7 Å². The molecule has 18 heavy (non-hydrogen) atoms. The summed E-state index contributed by atoms with van der Waals surface area (Å²) in [7, 11) is 0. The van der Waals surface area contributed by atoms with E-state index in [-0.39, 0.29) is 0 Å². The molecule has 100 valence electrons. The summed E-state index contributed by atoms with van der Waals surface area (Å²) in [5.41, 5.74) is 7.32. The lowest BCUT2D eigenvalue weighted by Crippen LogP contribution is -2.37. The molecule has 0 atom stereocenters. The topological polar surface area (TPSA) is 42.1 Å². The van der Waals surface area contributed by atoms with Gasteiger partial charge in [0.2, 0.25) is 0 Å². The molecular formula is C15H25N3. The Balaban J connectivity index is 1.85. The van der Waals surface area contributed by atoms with E-state index >= 15 is 0 Å². The Morgan fingerprint density at radius 2 is 1.94 bits per heavy atom. The first kappa shape index (κ1) is 13.3. The van der Waals surface area contributed by atoms with Gasteiger partial charge >= 0.3 is 0 Å². The van der Waals surface area contributed by atoms with Crippen LogP contribution in [0.3, 0.4) is 0 Å². The van der Waals surface area contributed by atoms with Crippen molar-refractivity contribution in [2.45, 2.75) is 40.2 Å². The maximum absolute atomic E-state index is 5.60. The smallest absolute Gasteiger partial charge is 0.123 e. The van der Waals surface area contributed by atoms with Gasteiger partial charge in [-0.3, -0.25) is 4.90 Å². The van der Waals surface area contributed by atoms with Gasteiger partial charge in [0.1, 0.15) is 5.82 Å². The van der Waals surface area contributed by atoms with Crippen LogP contribution < -0.4 is 5.73 Å². The molecule has 1 saturated heterocycles. The van der Waals surface area contributed by atoms with Gasteiger partial charge in [-0.25, -0.2) is 4.98 Å². The summed E-state index contributed by atoms with van der Waals surface area (Å²) in [6, 6.07) is 3.97. The highest BCUT2D eigenvalue weighted by molar-refractivity contribution is 5.29. The van der Waals surface area contributed by atoms with Gasteiger partial charge in [-0.15, -0.1) is 0 Å². The number of hydrogen-bond acceptors (Lipinski definition) is 3. The molecule has 1 fully saturated rings. The van der Waals surface area contributed by atoms with Gasteiger partial charge in [0.15, 0.2) is 0 Å². The van der Waals surface area contributed by atoms with E-state index in [9.17, 15) is 0 Å². The quantitative estimate of drug-likeness (QED) is 0.873. The molecule has 3 nitrogen and oxygen atoms in total. The van der Waals surface area contributed by atoms with E-state index in [0.29, 0.717) is 11.2 Å². The fourth-order valence-electron chi connectivity index (χ4n) is 2.74. The first-order valence-electron chi connectivity index (χ1n) is 6.88. The maximum atomic E-state index is 5.60. The Morgan fingerprint density at radius 1 is 1.28 bits per heavy atom. The monoisotopic (exact) mass is 247 g/mol. The minimum atomic E-state index is 0.453. The molecule has 1 aliphatic heterocycles. The number of nitrogen functional groups attached to an aromatic ring is 1. The van der Waals surface area contributed by atoms with Crippen molar-refractivity contribution < 1.29 is 0 Å². The Kier molecular flexibility index (Phi) is 3.91. The molecule has 0 radical (unpaired) electrons. The molecule has 1 aliphatic rings. The van der Waals surface area contributed by atoms with Crippen LogP contribution in [0.1, 0.15) is 39.2 Å². The van der Waals surface area contributed by atoms with Crippen molar-refractivity contribution in [2.75, 3.05) is 18.8 Å². The summed E-state index contributed by atoms with van der Waals surface area (Å²) in [5, 5.41) is 0. The predicted octanol–water partition coefficient (Wildman–Crippen LogP) is 2.92. The van der Waals surface area contributed by atoms with E-state index in [4.69, 9.17) is 5.73 Å². The number of hydrogen-bond donors (Lipinski definition) is 1. The molecule has 2 rings (SSSR count). The van der Waals surface area contributed by atoms with Crippen molar-refractivity contribution in [2.24, 2.45) is 11.3 Å². The van der Waals surface area contributed by atoms with Crippen molar-refractivity contribution in [1.82, 2.24) is 9.88 Å². The van der Waals surface area contributed by atoms with E-state index in [1.165, 1.54) is 31.5 Å². The summed E-state index contributed by atoms with van der Waals surface area (Å²) < 4.78 is 0. The third-order valence-corrected chi connectivity index (χ3v) is 4.07. The summed E-state index contributed by atoms with van der Waals surface area (Å²) >= 11 is 0. The van der Waals surface area contributed by atoms with Crippen LogP contribution in [-0.4, -0.2) is 23.0 Å². The Hall–Kier alpha value is -1.09. The molecular weight excluding hydrogens is 222 g/mol. The normalized spacial score (nSPS) is 19.1. The first-order chi connectivity index (χ1) is 8.45. The second-order valence-electron chi connectivity index (χ2n) is 6.51. The molecule has 2 heterocycles. The van der Waals surface area contributed by atoms with Crippen LogP contribution in [0.15, 0.2) is 18.3 Å². The zero-order chi connectivity index (χ0) is 13.2. The molecule has 0 saturated carbocycles. The molecule has 0 unspecified atom stereocenters. The lowest BCUT2D eigenvalue weighted by atomic mass is 9.75. The lowest BCUT2D eigenvalue weighted by Gasteiger charge is -2.38. The van der Waals surface area contributed by atoms with Crippen molar-refractivity contribution in [3.63, 3.8) is 0 Å². The molecule has 0 bridgehead atoms. The zero-order valence-electron chi connectivity index (χ0n) is 11.8. The van der Waals surface area contributed by atoms with Crippen LogP contribution in [0.2, 0.25) is 0 Å². The minimum Gasteiger partial charge on any atom is -0.384 e. The highest BCUT2D eigenvalue weighted by Crippen LogP contribution is 2.34. The number of likely N-dealkylation sites (tertiary alicyclic amines) is 1. The summed E-state index contributed by atoms with van der Waals surface area (Å²) in [6.45, 7) is 10.5. The molecule has 0 amide bonds. The predicted molar refractivity (Wildman–Crippen MR) is 76.1 cm³/mol. The fraction of sp³-hybridized carbons (Fsp3) is 0.667. The Morgan fingerprint density at radius 3 is 2.44 bits per heavy atom. The summed E-state index contributed by atoms with van der Waals surface area (Å²) in [6.07, 6.45) is 4.52. The van der Waals surface area contributed by atoms with E-state index in [0.717, 1.165) is 12.5 Å².